The molecule has 0 unspecified atom stereocenters. The van der Waals surface area contributed by atoms with E-state index < -0.39 is 0 Å². The first-order valence-corrected chi connectivity index (χ1v) is 8.70. The van der Waals surface area contributed by atoms with Gasteiger partial charge in [-0.25, -0.2) is 4.98 Å². The molecule has 4 nitrogen and oxygen atoms in total. The smallest absolute Gasteiger partial charge is 0.227 e. The summed E-state index contributed by atoms with van der Waals surface area (Å²) < 4.78 is 0. The van der Waals surface area contributed by atoms with Crippen molar-refractivity contribution in [3.8, 4) is 0 Å². The third-order valence-corrected chi connectivity index (χ3v) is 4.42. The van der Waals surface area contributed by atoms with E-state index in [2.05, 4.69) is 52.9 Å². The number of nitrogens with zero attached hydrogens (tertiary/aromatic N) is 4. The van der Waals surface area contributed by atoms with E-state index in [0.29, 0.717) is 0 Å². The number of benzene rings is 1. The van der Waals surface area contributed by atoms with E-state index in [1.165, 1.54) is 36.9 Å². The van der Waals surface area contributed by atoms with Crippen molar-refractivity contribution < 1.29 is 0 Å². The molecule has 0 amide bonds. The van der Waals surface area contributed by atoms with Gasteiger partial charge in [-0.1, -0.05) is 25.0 Å². The monoisotopic (exact) mass is 310 g/mol. The Morgan fingerprint density at radius 1 is 1.09 bits per heavy atom. The fraction of sp³-hybridized carbons (Fsp3) is 0.474. The van der Waals surface area contributed by atoms with Crippen LogP contribution in [0.4, 0.5) is 17.5 Å². The summed E-state index contributed by atoms with van der Waals surface area (Å²) in [6.45, 7) is 7.32. The van der Waals surface area contributed by atoms with Gasteiger partial charge in [0.15, 0.2) is 0 Å². The second-order valence-electron chi connectivity index (χ2n) is 6.20. The third kappa shape index (κ3) is 3.81. The van der Waals surface area contributed by atoms with Crippen molar-refractivity contribution in [1.29, 1.82) is 0 Å². The molecule has 1 aliphatic heterocycles. The van der Waals surface area contributed by atoms with Crippen LogP contribution in [-0.2, 0) is 0 Å². The van der Waals surface area contributed by atoms with Gasteiger partial charge >= 0.3 is 0 Å². The van der Waals surface area contributed by atoms with Gasteiger partial charge in [0.1, 0.15) is 5.82 Å². The van der Waals surface area contributed by atoms with E-state index in [1.54, 1.807) is 0 Å². The fourth-order valence-electron chi connectivity index (χ4n) is 3.19. The van der Waals surface area contributed by atoms with Gasteiger partial charge in [-0.2, -0.15) is 4.98 Å². The van der Waals surface area contributed by atoms with Crippen molar-refractivity contribution in [1.82, 2.24) is 9.97 Å². The number of anilines is 3. The Kier molecular flexibility index (Phi) is 5.11. The lowest BCUT2D eigenvalue weighted by atomic mass is 10.2. The first-order valence-electron chi connectivity index (χ1n) is 8.70. The highest BCUT2D eigenvalue weighted by Crippen LogP contribution is 2.25. The van der Waals surface area contributed by atoms with Crippen LogP contribution in [-0.4, -0.2) is 29.6 Å². The maximum atomic E-state index is 4.86. The van der Waals surface area contributed by atoms with Crippen LogP contribution in [0, 0.1) is 6.92 Å². The highest BCUT2D eigenvalue weighted by molar-refractivity contribution is 5.61. The van der Waals surface area contributed by atoms with Crippen molar-refractivity contribution in [2.45, 2.75) is 39.5 Å². The van der Waals surface area contributed by atoms with Gasteiger partial charge in [0.2, 0.25) is 5.95 Å². The maximum Gasteiger partial charge on any atom is 0.227 e. The molecule has 23 heavy (non-hydrogen) atoms. The molecule has 4 heteroatoms. The standard InChI is InChI=1S/C19H26N4/c1-3-23(17-10-8-9-16(2)15-17)18-11-12-20-19(21-18)22-13-6-4-5-7-14-22/h8-12,15H,3-7,13-14H2,1-2H3. The van der Waals surface area contributed by atoms with Crippen LogP contribution in [0.3, 0.4) is 0 Å². The van der Waals surface area contributed by atoms with Crippen LogP contribution < -0.4 is 9.80 Å². The van der Waals surface area contributed by atoms with Crippen LogP contribution in [0.25, 0.3) is 0 Å². The van der Waals surface area contributed by atoms with Gasteiger partial charge in [0, 0.05) is 31.5 Å². The summed E-state index contributed by atoms with van der Waals surface area (Å²) in [5.41, 5.74) is 2.45. The van der Waals surface area contributed by atoms with Crippen molar-refractivity contribution >= 4 is 17.5 Å². The minimum absolute atomic E-state index is 0.871. The second kappa shape index (κ2) is 7.44. The molecule has 2 heterocycles. The molecule has 0 aliphatic carbocycles. The molecule has 0 spiro atoms. The van der Waals surface area contributed by atoms with Gasteiger partial charge in [0.25, 0.3) is 0 Å². The Hall–Kier alpha value is -2.10. The first-order chi connectivity index (χ1) is 11.3. The minimum Gasteiger partial charge on any atom is -0.341 e. The topological polar surface area (TPSA) is 32.3 Å². The SMILES string of the molecule is CCN(c1cccc(C)c1)c1ccnc(N2CCCCCC2)n1. The molecular weight excluding hydrogens is 284 g/mol. The molecule has 1 saturated heterocycles. The second-order valence-corrected chi connectivity index (χ2v) is 6.20. The zero-order valence-corrected chi connectivity index (χ0v) is 14.2. The van der Waals surface area contributed by atoms with Crippen LogP contribution in [0.2, 0.25) is 0 Å². The molecule has 3 rings (SSSR count). The van der Waals surface area contributed by atoms with E-state index in [0.717, 1.165) is 31.4 Å². The van der Waals surface area contributed by atoms with Crippen molar-refractivity contribution in [3.05, 3.63) is 42.1 Å². The molecule has 122 valence electrons. The molecule has 0 atom stereocenters. The molecule has 0 saturated carbocycles. The quantitative estimate of drug-likeness (QED) is 0.841. The zero-order chi connectivity index (χ0) is 16.1. The van der Waals surface area contributed by atoms with Crippen LogP contribution in [0.1, 0.15) is 38.2 Å². The average Bonchev–Trinajstić information content (AvgIpc) is 2.85. The predicted molar refractivity (Wildman–Crippen MR) is 96.6 cm³/mol. The van der Waals surface area contributed by atoms with Crippen molar-refractivity contribution in [2.24, 2.45) is 0 Å². The van der Waals surface area contributed by atoms with Gasteiger partial charge in [-0.15, -0.1) is 0 Å². The number of aromatic nitrogens is 2. The van der Waals surface area contributed by atoms with Gasteiger partial charge in [0.05, 0.1) is 0 Å². The third-order valence-electron chi connectivity index (χ3n) is 4.42. The molecule has 1 aliphatic rings. The number of hydrogen-bond acceptors (Lipinski definition) is 4. The van der Waals surface area contributed by atoms with Crippen molar-refractivity contribution in [3.63, 3.8) is 0 Å². The molecule has 1 aromatic heterocycles. The Bertz CT molecular complexity index is 633. The van der Waals surface area contributed by atoms with Gasteiger partial charge in [-0.3, -0.25) is 0 Å². The van der Waals surface area contributed by atoms with Gasteiger partial charge in [-0.05, 0) is 50.5 Å². The lowest BCUT2D eigenvalue weighted by Gasteiger charge is -2.25. The summed E-state index contributed by atoms with van der Waals surface area (Å²) in [6.07, 6.45) is 7.01. The molecule has 0 bridgehead atoms. The molecule has 2 aromatic rings. The molecule has 0 N–H and O–H groups in total. The summed E-state index contributed by atoms with van der Waals surface area (Å²) >= 11 is 0. The summed E-state index contributed by atoms with van der Waals surface area (Å²) in [6, 6.07) is 10.6. The van der Waals surface area contributed by atoms with E-state index in [1.807, 2.05) is 12.3 Å². The predicted octanol–water partition coefficient (Wildman–Crippen LogP) is 4.32. The Labute approximate surface area is 139 Å². The summed E-state index contributed by atoms with van der Waals surface area (Å²) in [5.74, 6) is 1.85. The van der Waals surface area contributed by atoms with Crippen LogP contribution in [0.15, 0.2) is 36.5 Å². The van der Waals surface area contributed by atoms with E-state index >= 15 is 0 Å². The Balaban J connectivity index is 1.87. The first kappa shape index (κ1) is 15.8. The van der Waals surface area contributed by atoms with Gasteiger partial charge < -0.3 is 9.80 Å². The van der Waals surface area contributed by atoms with E-state index in [-0.39, 0.29) is 0 Å². The minimum atomic E-state index is 0.871. The van der Waals surface area contributed by atoms with Crippen LogP contribution >= 0.6 is 0 Å². The van der Waals surface area contributed by atoms with E-state index in [9.17, 15) is 0 Å². The normalized spacial score (nSPS) is 15.3. The average molecular weight is 310 g/mol. The number of aryl methyl sites for hydroxylation is 1. The molecule has 1 aromatic carbocycles. The molecule has 1 fully saturated rings. The Morgan fingerprint density at radius 3 is 2.57 bits per heavy atom. The number of hydrogen-bond donors (Lipinski definition) is 0. The highest BCUT2D eigenvalue weighted by atomic mass is 15.3. The molecule has 0 radical (unpaired) electrons. The lowest BCUT2D eigenvalue weighted by molar-refractivity contribution is 0.726. The fourth-order valence-corrected chi connectivity index (χ4v) is 3.19. The summed E-state index contributed by atoms with van der Waals surface area (Å²) in [5, 5.41) is 0. The zero-order valence-electron chi connectivity index (χ0n) is 14.2. The van der Waals surface area contributed by atoms with Crippen LogP contribution in [0.5, 0.6) is 0 Å². The summed E-state index contributed by atoms with van der Waals surface area (Å²) in [7, 11) is 0. The largest absolute Gasteiger partial charge is 0.341 e. The van der Waals surface area contributed by atoms with E-state index in [4.69, 9.17) is 4.98 Å². The number of rotatable bonds is 4. The van der Waals surface area contributed by atoms with Crippen molar-refractivity contribution in [2.75, 3.05) is 29.4 Å². The Morgan fingerprint density at radius 2 is 1.87 bits per heavy atom. The summed E-state index contributed by atoms with van der Waals surface area (Å²) in [4.78, 5) is 14.0. The lowest BCUT2D eigenvalue weighted by Crippen LogP contribution is -2.27. The highest BCUT2D eigenvalue weighted by Gasteiger charge is 2.15. The maximum absolute atomic E-state index is 4.86. The molecular formula is C19H26N4.